The smallest absolute Gasteiger partial charge is 0.318 e. The highest BCUT2D eigenvalue weighted by Gasteiger charge is 2.45. The standard InChI is InChI=1S/C36H41FN6O3/c1-23-8-4-9-26-10-5-11-28(31(23)26)30-20-29-32(25(3)46-30)33(41-18-19-43(34(44)24(2)37)27(21-41)12-15-38)40-35(39-29)45-22-36-13-6-16-42(36)17-7-14-36/h4-5,8-11,25,27,30H,2,6-7,12-14,16-22H2,1,3H3/t25?,27-,30?/m0/s1. The Balaban J connectivity index is 1.26. The van der Waals surface area contributed by atoms with E-state index in [1.54, 1.807) is 0 Å². The number of halogens is 1. The van der Waals surface area contributed by atoms with Crippen LogP contribution in [0.15, 0.2) is 48.8 Å². The zero-order chi connectivity index (χ0) is 32.0. The third-order valence-electron chi connectivity index (χ3n) is 10.5. The quantitative estimate of drug-likeness (QED) is 0.308. The molecule has 0 aliphatic carbocycles. The maximum absolute atomic E-state index is 13.9. The molecule has 1 aromatic heterocycles. The molecule has 1 amide bonds. The van der Waals surface area contributed by atoms with Gasteiger partial charge in [-0.25, -0.2) is 4.39 Å². The van der Waals surface area contributed by atoms with E-state index in [9.17, 15) is 14.4 Å². The van der Waals surface area contributed by atoms with Gasteiger partial charge >= 0.3 is 6.01 Å². The molecule has 0 saturated carbocycles. The van der Waals surface area contributed by atoms with Crippen molar-refractivity contribution in [3.05, 3.63) is 71.2 Å². The van der Waals surface area contributed by atoms with E-state index in [0.717, 1.165) is 42.8 Å². The van der Waals surface area contributed by atoms with Crippen LogP contribution in [0.25, 0.3) is 10.8 Å². The average Bonchev–Trinajstić information content (AvgIpc) is 3.64. The lowest BCUT2D eigenvalue weighted by Gasteiger charge is -2.42. The summed E-state index contributed by atoms with van der Waals surface area (Å²) in [4.78, 5) is 28.7. The van der Waals surface area contributed by atoms with E-state index < -0.39 is 17.8 Å². The number of anilines is 1. The zero-order valence-corrected chi connectivity index (χ0v) is 26.7. The molecule has 3 aromatic rings. The summed E-state index contributed by atoms with van der Waals surface area (Å²) in [6.45, 7) is 11.1. The van der Waals surface area contributed by atoms with Crippen LogP contribution >= 0.6 is 0 Å². The molecule has 0 radical (unpaired) electrons. The molecular formula is C36H41FN6O3. The molecule has 9 nitrogen and oxygen atoms in total. The molecule has 4 aliphatic heterocycles. The molecule has 240 valence electrons. The third-order valence-corrected chi connectivity index (χ3v) is 10.5. The Morgan fingerprint density at radius 1 is 1.15 bits per heavy atom. The third kappa shape index (κ3) is 5.39. The van der Waals surface area contributed by atoms with Crippen LogP contribution in [0.2, 0.25) is 0 Å². The van der Waals surface area contributed by atoms with Gasteiger partial charge in [-0.1, -0.05) is 43.0 Å². The number of benzene rings is 2. The number of ether oxygens (including phenoxy) is 2. The Morgan fingerprint density at radius 2 is 1.91 bits per heavy atom. The van der Waals surface area contributed by atoms with Crippen LogP contribution < -0.4 is 9.64 Å². The molecule has 4 aliphatic rings. The normalized spacial score (nSPS) is 24.0. The average molecular weight is 625 g/mol. The number of hydrogen-bond acceptors (Lipinski definition) is 8. The second kappa shape index (κ2) is 12.3. The Hall–Kier alpha value is -4.07. The van der Waals surface area contributed by atoms with Crippen LogP contribution in [0.1, 0.15) is 73.6 Å². The van der Waals surface area contributed by atoms with Gasteiger partial charge in [0.15, 0.2) is 5.83 Å². The number of nitriles is 1. The highest BCUT2D eigenvalue weighted by molar-refractivity contribution is 5.91. The Kier molecular flexibility index (Phi) is 8.16. The van der Waals surface area contributed by atoms with Gasteiger partial charge < -0.3 is 19.3 Å². The summed E-state index contributed by atoms with van der Waals surface area (Å²) in [6, 6.07) is 14.7. The minimum absolute atomic E-state index is 0.0392. The second-order valence-electron chi connectivity index (χ2n) is 13.3. The first-order valence-electron chi connectivity index (χ1n) is 16.5. The van der Waals surface area contributed by atoms with Crippen LogP contribution in [0.4, 0.5) is 10.2 Å². The number of carbonyl (C=O) groups excluding carboxylic acids is 1. The fourth-order valence-corrected chi connectivity index (χ4v) is 8.32. The molecular weight excluding hydrogens is 583 g/mol. The maximum Gasteiger partial charge on any atom is 0.318 e. The van der Waals surface area contributed by atoms with Crippen molar-refractivity contribution in [3.8, 4) is 12.1 Å². The van der Waals surface area contributed by atoms with Gasteiger partial charge in [0.25, 0.3) is 5.91 Å². The van der Waals surface area contributed by atoms with Crippen molar-refractivity contribution in [3.63, 3.8) is 0 Å². The molecule has 0 spiro atoms. The van der Waals surface area contributed by atoms with E-state index >= 15 is 0 Å². The first kappa shape index (κ1) is 30.6. The van der Waals surface area contributed by atoms with Gasteiger partial charge in [0.2, 0.25) is 0 Å². The minimum Gasteiger partial charge on any atom is -0.461 e. The first-order valence-corrected chi connectivity index (χ1v) is 16.5. The molecule has 5 heterocycles. The summed E-state index contributed by atoms with van der Waals surface area (Å²) in [5, 5.41) is 12.0. The fourth-order valence-electron chi connectivity index (χ4n) is 8.32. The van der Waals surface area contributed by atoms with E-state index in [4.69, 9.17) is 19.4 Å². The first-order chi connectivity index (χ1) is 22.3. The van der Waals surface area contributed by atoms with E-state index in [-0.39, 0.29) is 30.7 Å². The van der Waals surface area contributed by atoms with Crippen molar-refractivity contribution >= 4 is 22.5 Å². The molecule has 2 unspecified atom stereocenters. The van der Waals surface area contributed by atoms with Crippen molar-refractivity contribution < 1.29 is 18.7 Å². The maximum atomic E-state index is 13.9. The molecule has 2 aromatic carbocycles. The lowest BCUT2D eigenvalue weighted by Crippen LogP contribution is -2.55. The topological polar surface area (TPSA) is 94.8 Å². The molecule has 3 fully saturated rings. The Morgan fingerprint density at radius 3 is 2.65 bits per heavy atom. The fraction of sp³-hybridized carbons (Fsp3) is 0.500. The number of fused-ring (bicyclic) bond motifs is 3. The van der Waals surface area contributed by atoms with Gasteiger partial charge in [0, 0.05) is 31.6 Å². The highest BCUT2D eigenvalue weighted by atomic mass is 19.1. The van der Waals surface area contributed by atoms with Crippen molar-refractivity contribution in [2.45, 2.75) is 76.2 Å². The lowest BCUT2D eigenvalue weighted by molar-refractivity contribution is -0.131. The van der Waals surface area contributed by atoms with Crippen LogP contribution in [0, 0.1) is 18.3 Å². The number of aryl methyl sites for hydroxylation is 1. The van der Waals surface area contributed by atoms with E-state index in [1.807, 2.05) is 6.92 Å². The van der Waals surface area contributed by atoms with E-state index in [2.05, 4.69) is 65.8 Å². The summed E-state index contributed by atoms with van der Waals surface area (Å²) >= 11 is 0. The number of amides is 1. The number of rotatable bonds is 7. The summed E-state index contributed by atoms with van der Waals surface area (Å²) in [5.41, 5.74) is 4.15. The molecule has 10 heteroatoms. The minimum atomic E-state index is -1.02. The summed E-state index contributed by atoms with van der Waals surface area (Å²) in [6.07, 6.45) is 4.67. The summed E-state index contributed by atoms with van der Waals surface area (Å²) < 4.78 is 27.2. The largest absolute Gasteiger partial charge is 0.461 e. The molecule has 0 N–H and O–H groups in total. The van der Waals surface area contributed by atoms with E-state index in [1.165, 1.54) is 34.1 Å². The molecule has 3 atom stereocenters. The summed E-state index contributed by atoms with van der Waals surface area (Å²) in [7, 11) is 0. The SMILES string of the molecule is C=C(F)C(=O)N1CCN(c2nc(OCC34CCCN3CCC4)nc3c2C(C)OC(c2cccc4cccc(C)c24)C3)C[C@@H]1CC#N. The Bertz CT molecular complexity index is 1710. The van der Waals surface area contributed by atoms with Crippen molar-refractivity contribution in [1.29, 1.82) is 5.26 Å². The monoisotopic (exact) mass is 624 g/mol. The van der Waals surface area contributed by atoms with Gasteiger partial charge in [-0.15, -0.1) is 0 Å². The lowest BCUT2D eigenvalue weighted by atomic mass is 9.91. The predicted molar refractivity (Wildman–Crippen MR) is 173 cm³/mol. The van der Waals surface area contributed by atoms with Gasteiger partial charge in [-0.3, -0.25) is 9.69 Å². The summed E-state index contributed by atoms with van der Waals surface area (Å²) in [5.74, 6) is -1.09. The van der Waals surface area contributed by atoms with Crippen LogP contribution in [0.5, 0.6) is 6.01 Å². The predicted octanol–water partition coefficient (Wildman–Crippen LogP) is 5.73. The van der Waals surface area contributed by atoms with Gasteiger partial charge in [0.1, 0.15) is 12.4 Å². The van der Waals surface area contributed by atoms with Crippen LogP contribution in [-0.4, -0.2) is 76.6 Å². The van der Waals surface area contributed by atoms with Gasteiger partial charge in [-0.2, -0.15) is 15.2 Å². The highest BCUT2D eigenvalue weighted by Crippen LogP contribution is 2.44. The van der Waals surface area contributed by atoms with Crippen molar-refractivity contribution in [2.24, 2.45) is 0 Å². The molecule has 46 heavy (non-hydrogen) atoms. The van der Waals surface area contributed by atoms with Crippen molar-refractivity contribution in [2.75, 3.05) is 44.2 Å². The van der Waals surface area contributed by atoms with Gasteiger partial charge in [-0.05, 0) is 74.5 Å². The number of carbonyl (C=O) groups is 1. The zero-order valence-electron chi connectivity index (χ0n) is 26.7. The molecule has 0 bridgehead atoms. The van der Waals surface area contributed by atoms with Crippen molar-refractivity contribution in [1.82, 2.24) is 19.8 Å². The van der Waals surface area contributed by atoms with Crippen LogP contribution in [-0.2, 0) is 16.0 Å². The number of aromatic nitrogens is 2. The number of piperazine rings is 1. The second-order valence-corrected chi connectivity index (χ2v) is 13.3. The van der Waals surface area contributed by atoms with Crippen LogP contribution in [0.3, 0.4) is 0 Å². The Labute approximate surface area is 269 Å². The number of nitrogens with zero attached hydrogens (tertiary/aromatic N) is 6. The van der Waals surface area contributed by atoms with E-state index in [0.29, 0.717) is 37.9 Å². The number of hydrogen-bond donors (Lipinski definition) is 0. The molecule has 7 rings (SSSR count). The van der Waals surface area contributed by atoms with Gasteiger partial charge in [0.05, 0.1) is 42.0 Å². The molecule has 3 saturated heterocycles.